The standard InChI is InChI=1S/C12H9N3O5/c16-8(17)4-7-10(18)13-5-2-1-3-6-9(5)15(7)12(20)11(19)14-6/h1-3,7H,4H2,(H,13,18)(H,14,19)(H,16,17)/t7-/m1/s1. The molecule has 0 spiro atoms. The summed E-state index contributed by atoms with van der Waals surface area (Å²) in [5.74, 6) is -1.86. The highest BCUT2D eigenvalue weighted by Gasteiger charge is 2.32. The SMILES string of the molecule is O=C(O)C[C@@H]1C(=O)Nc2cccc3[nH]c(=O)c(=O)n1c23. The average Bonchev–Trinajstić information content (AvgIpc) is 2.38. The van der Waals surface area contributed by atoms with E-state index in [2.05, 4.69) is 10.3 Å². The first kappa shape index (κ1) is 12.2. The number of para-hydroxylation sites is 1. The number of benzene rings is 1. The summed E-state index contributed by atoms with van der Waals surface area (Å²) in [5.41, 5.74) is -0.779. The van der Waals surface area contributed by atoms with E-state index in [0.29, 0.717) is 16.7 Å². The second kappa shape index (κ2) is 4.05. The fourth-order valence-corrected chi connectivity index (χ4v) is 2.37. The van der Waals surface area contributed by atoms with Crippen LogP contribution >= 0.6 is 0 Å². The summed E-state index contributed by atoms with van der Waals surface area (Å²) in [6.07, 6.45) is -0.571. The summed E-state index contributed by atoms with van der Waals surface area (Å²) in [7, 11) is 0. The Bertz CT molecular complexity index is 864. The average molecular weight is 275 g/mol. The molecular weight excluding hydrogens is 266 g/mol. The predicted molar refractivity (Wildman–Crippen MR) is 68.7 cm³/mol. The lowest BCUT2D eigenvalue weighted by atomic mass is 10.1. The van der Waals surface area contributed by atoms with Crippen LogP contribution in [-0.4, -0.2) is 26.5 Å². The number of carboxylic acids is 1. The molecule has 1 aliphatic rings. The third kappa shape index (κ3) is 1.62. The van der Waals surface area contributed by atoms with Crippen molar-refractivity contribution in [1.29, 1.82) is 0 Å². The molecule has 0 bridgehead atoms. The van der Waals surface area contributed by atoms with Crippen molar-refractivity contribution in [3.8, 4) is 0 Å². The van der Waals surface area contributed by atoms with Crippen LogP contribution < -0.4 is 16.4 Å². The molecule has 0 aliphatic carbocycles. The molecule has 8 heteroatoms. The first-order chi connectivity index (χ1) is 9.49. The molecule has 1 amide bonds. The van der Waals surface area contributed by atoms with Gasteiger partial charge in [0.15, 0.2) is 0 Å². The Kier molecular flexibility index (Phi) is 2.46. The van der Waals surface area contributed by atoms with Gasteiger partial charge >= 0.3 is 17.1 Å². The number of rotatable bonds is 2. The molecule has 0 fully saturated rings. The van der Waals surface area contributed by atoms with Crippen molar-refractivity contribution < 1.29 is 14.7 Å². The van der Waals surface area contributed by atoms with Crippen molar-refractivity contribution in [1.82, 2.24) is 9.55 Å². The van der Waals surface area contributed by atoms with E-state index in [1.807, 2.05) is 0 Å². The zero-order valence-corrected chi connectivity index (χ0v) is 10.0. The van der Waals surface area contributed by atoms with Gasteiger partial charge in [-0.2, -0.15) is 0 Å². The summed E-state index contributed by atoms with van der Waals surface area (Å²) in [6.45, 7) is 0. The van der Waals surface area contributed by atoms with Gasteiger partial charge in [0.2, 0.25) is 5.91 Å². The largest absolute Gasteiger partial charge is 0.481 e. The van der Waals surface area contributed by atoms with Crippen molar-refractivity contribution in [2.45, 2.75) is 12.5 Å². The Balaban J connectivity index is 2.43. The van der Waals surface area contributed by atoms with Crippen molar-refractivity contribution in [2.24, 2.45) is 0 Å². The molecule has 0 saturated carbocycles. The first-order valence-electron chi connectivity index (χ1n) is 5.79. The number of aliphatic carboxylic acids is 1. The zero-order chi connectivity index (χ0) is 14.4. The van der Waals surface area contributed by atoms with Gasteiger partial charge in [-0.05, 0) is 12.1 Å². The number of anilines is 1. The minimum atomic E-state index is -1.24. The monoisotopic (exact) mass is 275 g/mol. The molecule has 2 heterocycles. The number of hydrogen-bond acceptors (Lipinski definition) is 4. The summed E-state index contributed by atoms with van der Waals surface area (Å²) in [5, 5.41) is 11.4. The van der Waals surface area contributed by atoms with Crippen LogP contribution in [0, 0.1) is 0 Å². The molecule has 0 radical (unpaired) electrons. The normalized spacial score (nSPS) is 17.0. The van der Waals surface area contributed by atoms with Gasteiger partial charge in [0.1, 0.15) is 6.04 Å². The van der Waals surface area contributed by atoms with Gasteiger partial charge < -0.3 is 15.4 Å². The smallest absolute Gasteiger partial charge is 0.317 e. The summed E-state index contributed by atoms with van der Waals surface area (Å²) in [6, 6.07) is 3.52. The second-order valence-corrected chi connectivity index (χ2v) is 4.43. The van der Waals surface area contributed by atoms with E-state index in [-0.39, 0.29) is 0 Å². The molecule has 0 saturated heterocycles. The van der Waals surface area contributed by atoms with Gasteiger partial charge in [0.05, 0.1) is 23.1 Å². The van der Waals surface area contributed by atoms with Gasteiger partial charge in [-0.3, -0.25) is 23.7 Å². The Morgan fingerprint density at radius 3 is 2.75 bits per heavy atom. The molecular formula is C12H9N3O5. The van der Waals surface area contributed by atoms with Gasteiger partial charge in [0.25, 0.3) is 0 Å². The van der Waals surface area contributed by atoms with Gasteiger partial charge in [-0.15, -0.1) is 0 Å². The van der Waals surface area contributed by atoms with Crippen molar-refractivity contribution in [2.75, 3.05) is 5.32 Å². The van der Waals surface area contributed by atoms with E-state index in [9.17, 15) is 19.2 Å². The maximum absolute atomic E-state index is 12.0. The van der Waals surface area contributed by atoms with Crippen LogP contribution in [0.3, 0.4) is 0 Å². The molecule has 1 aromatic heterocycles. The van der Waals surface area contributed by atoms with E-state index in [1.54, 1.807) is 18.2 Å². The number of aromatic nitrogens is 2. The van der Waals surface area contributed by atoms with Gasteiger partial charge in [-0.25, -0.2) is 0 Å². The van der Waals surface area contributed by atoms with Crippen LogP contribution in [0.1, 0.15) is 12.5 Å². The van der Waals surface area contributed by atoms with Crippen molar-refractivity contribution in [3.05, 3.63) is 38.9 Å². The Morgan fingerprint density at radius 1 is 1.30 bits per heavy atom. The minimum Gasteiger partial charge on any atom is -0.481 e. The molecule has 1 aliphatic heterocycles. The fraction of sp³-hybridized carbons (Fsp3) is 0.167. The lowest BCUT2D eigenvalue weighted by molar-refractivity contribution is -0.139. The van der Waals surface area contributed by atoms with Crippen molar-refractivity contribution in [3.63, 3.8) is 0 Å². The number of carbonyl (C=O) groups excluding carboxylic acids is 1. The highest BCUT2D eigenvalue weighted by atomic mass is 16.4. The number of H-pyrrole nitrogens is 1. The van der Waals surface area contributed by atoms with Crippen LogP contribution in [-0.2, 0) is 9.59 Å². The number of carbonyl (C=O) groups is 2. The first-order valence-corrected chi connectivity index (χ1v) is 5.79. The van der Waals surface area contributed by atoms with Crippen molar-refractivity contribution >= 4 is 28.6 Å². The lowest BCUT2D eigenvalue weighted by Gasteiger charge is -2.25. The number of hydrogen-bond donors (Lipinski definition) is 3. The van der Waals surface area contributed by atoms with E-state index in [4.69, 9.17) is 5.11 Å². The third-order valence-corrected chi connectivity index (χ3v) is 3.18. The van der Waals surface area contributed by atoms with Crippen LogP contribution in [0.25, 0.3) is 11.0 Å². The minimum absolute atomic E-state index is 0.322. The molecule has 1 atom stereocenters. The number of carboxylic acid groups (broad SMARTS) is 1. The number of nitrogens with zero attached hydrogens (tertiary/aromatic N) is 1. The lowest BCUT2D eigenvalue weighted by Crippen LogP contribution is -2.45. The van der Waals surface area contributed by atoms with Gasteiger partial charge in [0, 0.05) is 0 Å². The Morgan fingerprint density at radius 2 is 2.05 bits per heavy atom. The fourth-order valence-electron chi connectivity index (χ4n) is 2.37. The molecule has 1 aromatic carbocycles. The number of aromatic amines is 1. The van der Waals surface area contributed by atoms with Crippen LogP contribution in [0.5, 0.6) is 0 Å². The van der Waals surface area contributed by atoms with E-state index in [1.165, 1.54) is 0 Å². The highest BCUT2D eigenvalue weighted by Crippen LogP contribution is 2.29. The molecule has 2 aromatic rings. The molecule has 8 nitrogen and oxygen atoms in total. The summed E-state index contributed by atoms with van der Waals surface area (Å²) < 4.78 is 0.955. The number of amides is 1. The highest BCUT2D eigenvalue weighted by molar-refractivity contribution is 6.05. The maximum atomic E-state index is 12.0. The molecule has 3 rings (SSSR count). The number of nitrogens with one attached hydrogen (secondary N) is 2. The maximum Gasteiger partial charge on any atom is 0.317 e. The second-order valence-electron chi connectivity index (χ2n) is 4.43. The van der Waals surface area contributed by atoms with Crippen LogP contribution in [0.4, 0.5) is 5.69 Å². The van der Waals surface area contributed by atoms with Gasteiger partial charge in [-0.1, -0.05) is 6.07 Å². The topological polar surface area (TPSA) is 121 Å². The molecule has 102 valence electrons. The Hall–Kier alpha value is -2.90. The van der Waals surface area contributed by atoms with E-state index < -0.39 is 35.5 Å². The molecule has 0 unspecified atom stereocenters. The summed E-state index contributed by atoms with van der Waals surface area (Å²) >= 11 is 0. The zero-order valence-electron chi connectivity index (χ0n) is 10.0. The molecule has 3 N–H and O–H groups in total. The predicted octanol–water partition coefficient (Wildman–Crippen LogP) is -0.342. The van der Waals surface area contributed by atoms with Crippen LogP contribution in [0.2, 0.25) is 0 Å². The third-order valence-electron chi connectivity index (χ3n) is 3.18. The quantitative estimate of drug-likeness (QED) is 0.647. The summed E-state index contributed by atoms with van der Waals surface area (Å²) in [4.78, 5) is 48.8. The van der Waals surface area contributed by atoms with Crippen LogP contribution in [0.15, 0.2) is 27.8 Å². The molecule has 20 heavy (non-hydrogen) atoms. The van der Waals surface area contributed by atoms with E-state index in [0.717, 1.165) is 4.57 Å². The Labute approximate surface area is 110 Å². The van der Waals surface area contributed by atoms with E-state index >= 15 is 0 Å².